The molecule has 1 saturated heterocycles. The number of carbonyl (C=O) groups excluding carboxylic acids is 1. The molecular formula is C26H28ClN5OS. The fourth-order valence-corrected chi connectivity index (χ4v) is 5.88. The number of fused-ring (bicyclic) bond motifs is 2. The van der Waals surface area contributed by atoms with Gasteiger partial charge in [0.15, 0.2) is 0 Å². The molecule has 1 aromatic heterocycles. The van der Waals surface area contributed by atoms with Gasteiger partial charge in [-0.3, -0.25) is 15.2 Å². The molecule has 2 N–H and O–H groups in total. The van der Waals surface area contributed by atoms with Crippen LogP contribution in [0.4, 0.5) is 11.4 Å². The number of likely N-dealkylation sites (tertiary alicyclic amines) is 1. The highest BCUT2D eigenvalue weighted by atomic mass is 35.5. The molecule has 8 heteroatoms. The van der Waals surface area contributed by atoms with Crippen LogP contribution in [0, 0.1) is 0 Å². The van der Waals surface area contributed by atoms with Crippen molar-refractivity contribution in [2.24, 2.45) is 0 Å². The summed E-state index contributed by atoms with van der Waals surface area (Å²) in [4.78, 5) is 23.6. The van der Waals surface area contributed by atoms with E-state index in [9.17, 15) is 4.79 Å². The molecule has 0 aliphatic carbocycles. The average Bonchev–Trinajstić information content (AvgIpc) is 2.88. The van der Waals surface area contributed by atoms with Crippen molar-refractivity contribution in [2.75, 3.05) is 31.1 Å². The van der Waals surface area contributed by atoms with Crippen molar-refractivity contribution in [3.05, 3.63) is 77.6 Å². The predicted octanol–water partition coefficient (Wildman–Crippen LogP) is 5.13. The molecule has 0 spiro atoms. The van der Waals surface area contributed by atoms with E-state index in [1.165, 1.54) is 21.2 Å². The van der Waals surface area contributed by atoms with Gasteiger partial charge >= 0.3 is 0 Å². The maximum Gasteiger partial charge on any atom is 0.265 e. The standard InChI is InChI=1S/C26H28ClN5OS/c27-20-6-7-25-23(18-20)32(22-4-1-2-5-24(22)34-25)21-10-16-31(17-11-21)15-3-12-29-30-26(33)19-8-13-28-14-9-19/h1-2,4-9,13-14,18,21,29H,3,10-12,15-17H2,(H,30,33). The lowest BCUT2D eigenvalue weighted by Crippen LogP contribution is -2.45. The number of hydrogen-bond donors (Lipinski definition) is 2. The van der Waals surface area contributed by atoms with Crippen molar-refractivity contribution in [3.63, 3.8) is 0 Å². The van der Waals surface area contributed by atoms with Gasteiger partial charge in [-0.2, -0.15) is 0 Å². The fourth-order valence-electron chi connectivity index (χ4n) is 4.66. The minimum atomic E-state index is -0.136. The molecule has 0 unspecified atom stereocenters. The van der Waals surface area contributed by atoms with Crippen LogP contribution in [0.3, 0.4) is 0 Å². The quantitative estimate of drug-likeness (QED) is 0.351. The Labute approximate surface area is 209 Å². The van der Waals surface area contributed by atoms with Crippen molar-refractivity contribution in [1.82, 2.24) is 20.7 Å². The summed E-state index contributed by atoms with van der Waals surface area (Å²) >= 11 is 8.21. The summed E-state index contributed by atoms with van der Waals surface area (Å²) in [6.45, 7) is 3.88. The topological polar surface area (TPSA) is 60.5 Å². The Bertz CT molecular complexity index is 1140. The minimum absolute atomic E-state index is 0.136. The van der Waals surface area contributed by atoms with E-state index < -0.39 is 0 Å². The zero-order valence-electron chi connectivity index (χ0n) is 18.9. The lowest BCUT2D eigenvalue weighted by Gasteiger charge is -2.43. The lowest BCUT2D eigenvalue weighted by molar-refractivity contribution is 0.0932. The summed E-state index contributed by atoms with van der Waals surface area (Å²) < 4.78 is 0. The summed E-state index contributed by atoms with van der Waals surface area (Å²) in [6, 6.07) is 18.8. The van der Waals surface area contributed by atoms with Crippen LogP contribution in [0.1, 0.15) is 29.6 Å². The third kappa shape index (κ3) is 5.23. The van der Waals surface area contributed by atoms with Crippen LogP contribution in [0.2, 0.25) is 5.02 Å². The van der Waals surface area contributed by atoms with Crippen LogP contribution in [-0.2, 0) is 0 Å². The van der Waals surface area contributed by atoms with Gasteiger partial charge in [0.05, 0.1) is 11.4 Å². The van der Waals surface area contributed by atoms with E-state index in [-0.39, 0.29) is 5.91 Å². The van der Waals surface area contributed by atoms with Gasteiger partial charge in [0.25, 0.3) is 5.91 Å². The van der Waals surface area contributed by atoms with Gasteiger partial charge in [-0.05, 0) is 68.3 Å². The number of halogens is 1. The first kappa shape index (κ1) is 23.2. The number of amides is 1. The largest absolute Gasteiger partial charge is 0.336 e. The Kier molecular flexibility index (Phi) is 7.35. The highest BCUT2D eigenvalue weighted by molar-refractivity contribution is 7.99. The Balaban J connectivity index is 1.13. The predicted molar refractivity (Wildman–Crippen MR) is 138 cm³/mol. The van der Waals surface area contributed by atoms with Gasteiger partial charge in [-0.15, -0.1) is 0 Å². The van der Waals surface area contributed by atoms with E-state index in [2.05, 4.69) is 62.0 Å². The van der Waals surface area contributed by atoms with Crippen LogP contribution in [0.25, 0.3) is 0 Å². The summed E-state index contributed by atoms with van der Waals surface area (Å²) in [5, 5.41) is 0.782. The number of rotatable bonds is 7. The molecule has 0 bridgehead atoms. The molecule has 0 atom stereocenters. The summed E-state index contributed by atoms with van der Waals surface area (Å²) in [5.41, 5.74) is 8.91. The molecule has 2 aromatic carbocycles. The number of nitrogens with one attached hydrogen (secondary N) is 2. The van der Waals surface area contributed by atoms with Crippen LogP contribution in [-0.4, -0.2) is 48.0 Å². The molecule has 34 heavy (non-hydrogen) atoms. The first-order valence-corrected chi connectivity index (χ1v) is 12.9. The van der Waals surface area contributed by atoms with Gasteiger partial charge in [-0.1, -0.05) is 35.5 Å². The van der Waals surface area contributed by atoms with Crippen LogP contribution >= 0.6 is 23.4 Å². The second kappa shape index (κ2) is 10.8. The smallest absolute Gasteiger partial charge is 0.265 e. The Hall–Kier alpha value is -2.58. The Morgan fingerprint density at radius 1 is 1.03 bits per heavy atom. The number of para-hydroxylation sites is 1. The van der Waals surface area contributed by atoms with Gasteiger partial charge in [0, 0.05) is 58.4 Å². The summed E-state index contributed by atoms with van der Waals surface area (Å²) in [7, 11) is 0. The van der Waals surface area contributed by atoms with Crippen molar-refractivity contribution >= 4 is 40.6 Å². The van der Waals surface area contributed by atoms with Crippen molar-refractivity contribution in [1.29, 1.82) is 0 Å². The fraction of sp³-hybridized carbons (Fsp3) is 0.308. The van der Waals surface area contributed by atoms with Crippen molar-refractivity contribution in [3.8, 4) is 0 Å². The number of aromatic nitrogens is 1. The van der Waals surface area contributed by atoms with Gasteiger partial charge < -0.3 is 9.80 Å². The molecule has 2 aliphatic rings. The van der Waals surface area contributed by atoms with Gasteiger partial charge in [0.2, 0.25) is 0 Å². The zero-order valence-corrected chi connectivity index (χ0v) is 20.5. The average molecular weight is 494 g/mol. The molecule has 1 fully saturated rings. The number of hydrazine groups is 1. The summed E-state index contributed by atoms with van der Waals surface area (Å²) in [5.74, 6) is -0.136. The molecule has 2 aliphatic heterocycles. The number of pyridine rings is 1. The SMILES string of the molecule is O=C(NNCCCN1CCC(N2c3ccccc3Sc3ccc(Cl)cc32)CC1)c1ccncc1. The van der Waals surface area contributed by atoms with Crippen LogP contribution < -0.4 is 15.8 Å². The highest BCUT2D eigenvalue weighted by Gasteiger charge is 2.31. The molecule has 5 rings (SSSR count). The molecule has 3 heterocycles. The monoisotopic (exact) mass is 493 g/mol. The zero-order chi connectivity index (χ0) is 23.3. The molecule has 0 radical (unpaired) electrons. The lowest BCUT2D eigenvalue weighted by atomic mass is 10.0. The van der Waals surface area contributed by atoms with Gasteiger partial charge in [-0.25, -0.2) is 5.43 Å². The molecule has 176 valence electrons. The van der Waals surface area contributed by atoms with E-state index in [1.807, 2.05) is 17.8 Å². The van der Waals surface area contributed by atoms with Crippen LogP contribution in [0.5, 0.6) is 0 Å². The number of anilines is 2. The van der Waals surface area contributed by atoms with E-state index in [0.29, 0.717) is 11.6 Å². The molecule has 3 aromatic rings. The minimum Gasteiger partial charge on any atom is -0.336 e. The molecule has 0 saturated carbocycles. The van der Waals surface area contributed by atoms with E-state index >= 15 is 0 Å². The van der Waals surface area contributed by atoms with E-state index in [0.717, 1.165) is 50.5 Å². The number of hydrogen-bond acceptors (Lipinski definition) is 6. The van der Waals surface area contributed by atoms with E-state index in [4.69, 9.17) is 11.6 Å². The van der Waals surface area contributed by atoms with Crippen molar-refractivity contribution in [2.45, 2.75) is 35.1 Å². The Morgan fingerprint density at radius 2 is 1.79 bits per heavy atom. The number of piperidine rings is 1. The second-order valence-corrected chi connectivity index (χ2v) is 10.1. The molecule has 1 amide bonds. The van der Waals surface area contributed by atoms with Gasteiger partial charge in [0.1, 0.15) is 0 Å². The third-order valence-electron chi connectivity index (χ3n) is 6.37. The van der Waals surface area contributed by atoms with Crippen molar-refractivity contribution < 1.29 is 4.79 Å². The molecule has 6 nitrogen and oxygen atoms in total. The highest BCUT2D eigenvalue weighted by Crippen LogP contribution is 2.50. The third-order valence-corrected chi connectivity index (χ3v) is 7.73. The second-order valence-electron chi connectivity index (χ2n) is 8.59. The normalized spacial score (nSPS) is 16.1. The number of nitrogens with zero attached hydrogens (tertiary/aromatic N) is 3. The first-order valence-electron chi connectivity index (χ1n) is 11.7. The number of carbonyl (C=O) groups is 1. The first-order chi connectivity index (χ1) is 16.7. The van der Waals surface area contributed by atoms with Crippen LogP contribution in [0.15, 0.2) is 76.8 Å². The number of benzene rings is 2. The van der Waals surface area contributed by atoms with E-state index in [1.54, 1.807) is 24.5 Å². The summed E-state index contributed by atoms with van der Waals surface area (Å²) in [6.07, 6.45) is 6.43. The molecular weight excluding hydrogens is 466 g/mol. The maximum absolute atomic E-state index is 12.1. The Morgan fingerprint density at radius 3 is 2.62 bits per heavy atom. The maximum atomic E-state index is 12.1.